The van der Waals surface area contributed by atoms with Gasteiger partial charge in [-0.2, -0.15) is 5.26 Å². The topological polar surface area (TPSA) is 108 Å². The van der Waals surface area contributed by atoms with E-state index in [1.807, 2.05) is 0 Å². The number of nitrogens with zero attached hydrogens (tertiary/aromatic N) is 4. The second-order valence-electron chi connectivity index (χ2n) is 5.30. The number of hydrogen-bond acceptors (Lipinski definition) is 7. The number of carbonyl (C=O) groups excluding carboxylic acids is 1. The fraction of sp³-hybridized carbons (Fsp3) is 0.333. The highest BCUT2D eigenvalue weighted by molar-refractivity contribution is 7.98. The number of nitrogens with one attached hydrogen (secondary N) is 1. The monoisotopic (exact) mass is 381 g/mol. The lowest BCUT2D eigenvalue weighted by molar-refractivity contribution is -0.118. The van der Waals surface area contributed by atoms with Crippen molar-refractivity contribution in [2.75, 3.05) is 18.1 Å². The number of anilines is 1. The first-order chi connectivity index (χ1) is 11.8. The van der Waals surface area contributed by atoms with Crippen LogP contribution in [0.5, 0.6) is 0 Å². The molecule has 0 bridgehead atoms. The van der Waals surface area contributed by atoms with Gasteiger partial charge in [0.1, 0.15) is 25.6 Å². The first kappa shape index (κ1) is 19.0. The highest BCUT2D eigenvalue weighted by atomic mass is 32.2. The molecule has 2 aromatic rings. The number of carbonyl (C=O) groups is 1. The van der Waals surface area contributed by atoms with Crippen LogP contribution in [-0.2, 0) is 14.5 Å². The molecule has 132 valence electrons. The van der Waals surface area contributed by atoms with Gasteiger partial charge >= 0.3 is 0 Å². The zero-order valence-electron chi connectivity index (χ0n) is 13.8. The third-order valence-corrected chi connectivity index (χ3v) is 6.30. The minimum absolute atomic E-state index is 0.148. The quantitative estimate of drug-likeness (QED) is 0.801. The summed E-state index contributed by atoms with van der Waals surface area (Å²) in [4.78, 5) is 20.4. The van der Waals surface area contributed by atoms with Crippen molar-refractivity contribution in [1.82, 2.24) is 9.97 Å². The van der Waals surface area contributed by atoms with Crippen LogP contribution in [-0.4, -0.2) is 32.9 Å². The summed E-state index contributed by atoms with van der Waals surface area (Å²) in [6.45, 7) is 3.29. The number of aromatic nitrogens is 2. The Morgan fingerprint density at radius 2 is 2.28 bits per heavy atom. The summed E-state index contributed by atoms with van der Waals surface area (Å²) in [6, 6.07) is 1.31. The zero-order valence-corrected chi connectivity index (χ0v) is 15.4. The van der Waals surface area contributed by atoms with Crippen molar-refractivity contribution in [2.24, 2.45) is 10.3 Å². The molecular formula is C15H16FN5O2S2. The number of amides is 1. The van der Waals surface area contributed by atoms with Crippen molar-refractivity contribution >= 4 is 32.0 Å². The number of pyridine rings is 1. The summed E-state index contributed by atoms with van der Waals surface area (Å²) in [5, 5.41) is 14.3. The zero-order chi connectivity index (χ0) is 18.6. The van der Waals surface area contributed by atoms with Crippen LogP contribution < -0.4 is 5.32 Å². The first-order valence-corrected chi connectivity index (χ1v) is 9.71. The fourth-order valence-electron chi connectivity index (χ4n) is 1.97. The molecule has 0 spiro atoms. The Labute approximate surface area is 149 Å². The summed E-state index contributed by atoms with van der Waals surface area (Å²) < 4.78 is 28.9. The number of rotatable bonds is 5. The van der Waals surface area contributed by atoms with E-state index in [9.17, 15) is 13.4 Å². The van der Waals surface area contributed by atoms with Crippen molar-refractivity contribution in [2.45, 2.75) is 13.8 Å². The molecule has 2 atom stereocenters. The molecule has 0 aliphatic carbocycles. The van der Waals surface area contributed by atoms with Crippen LogP contribution in [0.4, 0.5) is 9.39 Å². The van der Waals surface area contributed by atoms with Crippen LogP contribution in [0.15, 0.2) is 22.8 Å². The summed E-state index contributed by atoms with van der Waals surface area (Å²) in [6.07, 6.45) is 2.58. The van der Waals surface area contributed by atoms with Crippen molar-refractivity contribution in [3.63, 3.8) is 0 Å². The molecule has 2 heterocycles. The van der Waals surface area contributed by atoms with Crippen LogP contribution in [0, 0.1) is 29.3 Å². The molecule has 0 saturated heterocycles. The van der Waals surface area contributed by atoms with Gasteiger partial charge in [-0.3, -0.25) is 9.78 Å². The lowest BCUT2D eigenvalue weighted by Gasteiger charge is -2.10. The summed E-state index contributed by atoms with van der Waals surface area (Å²) in [7, 11) is -1.75. The number of halogens is 1. The molecule has 0 fully saturated rings. The Bertz CT molecular complexity index is 957. The van der Waals surface area contributed by atoms with Gasteiger partial charge in [0.25, 0.3) is 0 Å². The molecule has 2 rings (SSSR count). The predicted molar refractivity (Wildman–Crippen MR) is 94.8 cm³/mol. The molecule has 0 radical (unpaired) electrons. The summed E-state index contributed by atoms with van der Waals surface area (Å²) in [5.41, 5.74) is 1.09. The van der Waals surface area contributed by atoms with E-state index in [2.05, 4.69) is 19.6 Å². The molecule has 0 saturated carbocycles. The van der Waals surface area contributed by atoms with Crippen molar-refractivity contribution in [1.29, 1.82) is 5.26 Å². The van der Waals surface area contributed by atoms with E-state index >= 15 is 0 Å². The standard InChI is InChI=1S/C15H16FN5O2S2/c1-9(7-25(23,8-17)18-3)13(22)21-14-10(2)20-15(24-14)11-4-12(16)6-19-5-11/h4-6,9H,7H2,1-3H3,(H,21,22). The second kappa shape index (κ2) is 7.67. The fourth-order valence-corrected chi connectivity index (χ4v) is 4.05. The molecule has 25 heavy (non-hydrogen) atoms. The lowest BCUT2D eigenvalue weighted by atomic mass is 10.2. The normalized spacial score (nSPS) is 14.2. The Kier molecular flexibility index (Phi) is 5.81. The van der Waals surface area contributed by atoms with Gasteiger partial charge in [-0.25, -0.2) is 17.9 Å². The largest absolute Gasteiger partial charge is 0.316 e. The summed E-state index contributed by atoms with van der Waals surface area (Å²) >= 11 is 1.19. The van der Waals surface area contributed by atoms with Gasteiger partial charge in [0.2, 0.25) is 5.91 Å². The van der Waals surface area contributed by atoms with Crippen molar-refractivity contribution < 1.29 is 13.4 Å². The number of thiocyanates is 1. The Balaban J connectivity index is 2.17. The van der Waals surface area contributed by atoms with Crippen LogP contribution in [0.2, 0.25) is 0 Å². The maximum absolute atomic E-state index is 13.3. The van der Waals surface area contributed by atoms with E-state index in [0.29, 0.717) is 21.3 Å². The van der Waals surface area contributed by atoms with E-state index in [4.69, 9.17) is 5.26 Å². The van der Waals surface area contributed by atoms with Crippen molar-refractivity contribution in [3.8, 4) is 16.0 Å². The smallest absolute Gasteiger partial charge is 0.228 e. The molecular weight excluding hydrogens is 365 g/mol. The van der Waals surface area contributed by atoms with Crippen LogP contribution in [0.1, 0.15) is 12.6 Å². The van der Waals surface area contributed by atoms with E-state index in [1.54, 1.807) is 19.2 Å². The van der Waals surface area contributed by atoms with E-state index in [0.717, 1.165) is 6.20 Å². The van der Waals surface area contributed by atoms with E-state index in [1.165, 1.54) is 30.6 Å². The maximum atomic E-state index is 13.3. The minimum Gasteiger partial charge on any atom is -0.316 e. The van der Waals surface area contributed by atoms with Gasteiger partial charge in [0.15, 0.2) is 5.40 Å². The highest BCUT2D eigenvalue weighted by Crippen LogP contribution is 2.32. The molecule has 1 N–H and O–H groups in total. The highest BCUT2D eigenvalue weighted by Gasteiger charge is 2.21. The molecule has 2 aromatic heterocycles. The van der Waals surface area contributed by atoms with Gasteiger partial charge in [-0.15, -0.1) is 0 Å². The molecule has 1 amide bonds. The van der Waals surface area contributed by atoms with Gasteiger partial charge in [0.05, 0.1) is 17.6 Å². The van der Waals surface area contributed by atoms with Gasteiger partial charge < -0.3 is 5.32 Å². The van der Waals surface area contributed by atoms with Crippen molar-refractivity contribution in [3.05, 3.63) is 30.0 Å². The second-order valence-corrected chi connectivity index (χ2v) is 8.46. The number of nitriles is 1. The lowest BCUT2D eigenvalue weighted by Crippen LogP contribution is -2.26. The van der Waals surface area contributed by atoms with Crippen LogP contribution >= 0.6 is 11.3 Å². The van der Waals surface area contributed by atoms with Crippen LogP contribution in [0.25, 0.3) is 10.6 Å². The Hall–Kier alpha value is -2.38. The first-order valence-electron chi connectivity index (χ1n) is 7.21. The number of aryl methyl sites for hydroxylation is 1. The maximum Gasteiger partial charge on any atom is 0.228 e. The van der Waals surface area contributed by atoms with Gasteiger partial charge in [0, 0.05) is 24.7 Å². The third-order valence-electron chi connectivity index (χ3n) is 3.35. The molecule has 0 aliphatic rings. The third kappa shape index (κ3) is 4.58. The molecule has 7 nitrogen and oxygen atoms in total. The average molecular weight is 381 g/mol. The minimum atomic E-state index is -3.05. The summed E-state index contributed by atoms with van der Waals surface area (Å²) in [5.74, 6) is -1.68. The van der Waals surface area contributed by atoms with Gasteiger partial charge in [-0.1, -0.05) is 18.3 Å². The van der Waals surface area contributed by atoms with E-state index in [-0.39, 0.29) is 11.7 Å². The Morgan fingerprint density at radius 3 is 2.88 bits per heavy atom. The number of hydrogen-bond donors (Lipinski definition) is 1. The van der Waals surface area contributed by atoms with Crippen LogP contribution in [0.3, 0.4) is 0 Å². The van der Waals surface area contributed by atoms with Gasteiger partial charge in [-0.05, 0) is 13.0 Å². The molecule has 0 aliphatic heterocycles. The van der Waals surface area contributed by atoms with E-state index < -0.39 is 21.5 Å². The average Bonchev–Trinajstić information content (AvgIpc) is 2.95. The predicted octanol–water partition coefficient (Wildman–Crippen LogP) is 2.81. The molecule has 2 unspecified atom stereocenters. The molecule has 0 aromatic carbocycles. The SMILES string of the molecule is CN=S(=O)(C#N)CC(C)C(=O)Nc1sc(-c2cncc(F)c2)nc1C. The number of thiazole rings is 1. The Morgan fingerprint density at radius 1 is 1.56 bits per heavy atom. The molecule has 10 heteroatoms.